The molecule has 0 spiro atoms. The molecule has 4 aromatic rings. The monoisotopic (exact) mass is 464 g/mol. The standard InChI is InChI=1S/C26H25ClN2O4/c1-3-4-13-32-24(26(30)31)15-18-9-10-23-19(14-18)11-12-29(23)16-22-17(2)33-25(28-22)20-7-5-6-8-21(20)27/h3,5-12,14,24H,1,4,13,15-16H2,2H3,(H,30,31). The molecule has 6 nitrogen and oxygen atoms in total. The Morgan fingerprint density at radius 3 is 2.88 bits per heavy atom. The summed E-state index contributed by atoms with van der Waals surface area (Å²) in [6.45, 7) is 6.41. The first-order chi connectivity index (χ1) is 16.0. The summed E-state index contributed by atoms with van der Waals surface area (Å²) in [7, 11) is 0. The zero-order valence-electron chi connectivity index (χ0n) is 18.3. The lowest BCUT2D eigenvalue weighted by molar-refractivity contribution is -0.150. The molecule has 0 aliphatic heterocycles. The van der Waals surface area contributed by atoms with E-state index in [0.29, 0.717) is 36.9 Å². The fraction of sp³-hybridized carbons (Fsp3) is 0.231. The van der Waals surface area contributed by atoms with Crippen LogP contribution in [0.25, 0.3) is 22.4 Å². The molecule has 2 aromatic heterocycles. The normalized spacial score (nSPS) is 12.2. The van der Waals surface area contributed by atoms with Crippen LogP contribution < -0.4 is 0 Å². The molecule has 0 bridgehead atoms. The van der Waals surface area contributed by atoms with Crippen LogP contribution in [0.4, 0.5) is 0 Å². The summed E-state index contributed by atoms with van der Waals surface area (Å²) in [6, 6.07) is 15.4. The number of aromatic nitrogens is 2. The molecule has 0 fully saturated rings. The van der Waals surface area contributed by atoms with E-state index < -0.39 is 12.1 Å². The number of halogens is 1. The molecule has 1 atom stereocenters. The van der Waals surface area contributed by atoms with Crippen molar-refractivity contribution in [1.82, 2.24) is 9.55 Å². The van der Waals surface area contributed by atoms with Crippen LogP contribution in [-0.4, -0.2) is 33.3 Å². The van der Waals surface area contributed by atoms with E-state index in [-0.39, 0.29) is 0 Å². The number of carboxylic acid groups (broad SMARTS) is 1. The van der Waals surface area contributed by atoms with Gasteiger partial charge in [0.1, 0.15) is 11.5 Å². The number of benzene rings is 2. The molecule has 170 valence electrons. The number of aryl methyl sites for hydroxylation is 1. The first-order valence-corrected chi connectivity index (χ1v) is 11.1. The van der Waals surface area contributed by atoms with Crippen LogP contribution in [0.15, 0.2) is 71.8 Å². The number of ether oxygens (including phenoxy) is 1. The van der Waals surface area contributed by atoms with E-state index in [9.17, 15) is 9.90 Å². The molecule has 0 radical (unpaired) electrons. The smallest absolute Gasteiger partial charge is 0.333 e. The van der Waals surface area contributed by atoms with Gasteiger partial charge in [0.05, 0.1) is 23.7 Å². The van der Waals surface area contributed by atoms with Gasteiger partial charge < -0.3 is 18.8 Å². The van der Waals surface area contributed by atoms with Crippen molar-refractivity contribution < 1.29 is 19.1 Å². The zero-order chi connectivity index (χ0) is 23.4. The van der Waals surface area contributed by atoms with E-state index in [1.165, 1.54) is 0 Å². The average molecular weight is 465 g/mol. The van der Waals surface area contributed by atoms with Crippen LogP contribution in [0.2, 0.25) is 5.02 Å². The topological polar surface area (TPSA) is 77.5 Å². The van der Waals surface area contributed by atoms with Crippen molar-refractivity contribution in [3.05, 3.63) is 89.4 Å². The van der Waals surface area contributed by atoms with Gasteiger partial charge in [-0.1, -0.05) is 35.9 Å². The minimum atomic E-state index is -0.965. The van der Waals surface area contributed by atoms with Gasteiger partial charge in [-0.25, -0.2) is 9.78 Å². The van der Waals surface area contributed by atoms with E-state index in [0.717, 1.165) is 33.5 Å². The van der Waals surface area contributed by atoms with Crippen LogP contribution >= 0.6 is 11.6 Å². The van der Waals surface area contributed by atoms with Gasteiger partial charge in [0.2, 0.25) is 5.89 Å². The Hall–Kier alpha value is -3.35. The van der Waals surface area contributed by atoms with Gasteiger partial charge in [0.15, 0.2) is 6.10 Å². The molecule has 0 amide bonds. The summed E-state index contributed by atoms with van der Waals surface area (Å²) in [5.41, 5.74) is 3.52. The average Bonchev–Trinajstić information content (AvgIpc) is 3.36. The predicted octanol–water partition coefficient (Wildman–Crippen LogP) is 5.89. The molecule has 0 saturated carbocycles. The Kier molecular flexibility index (Phi) is 6.96. The van der Waals surface area contributed by atoms with Gasteiger partial charge in [0, 0.05) is 18.1 Å². The maximum Gasteiger partial charge on any atom is 0.333 e. The zero-order valence-corrected chi connectivity index (χ0v) is 19.1. The Balaban J connectivity index is 1.53. The van der Waals surface area contributed by atoms with Crippen LogP contribution in [0, 0.1) is 6.92 Å². The summed E-state index contributed by atoms with van der Waals surface area (Å²) in [6.07, 6.45) is 3.74. The third-order valence-electron chi connectivity index (χ3n) is 5.49. The van der Waals surface area contributed by atoms with Crippen molar-refractivity contribution in [3.63, 3.8) is 0 Å². The van der Waals surface area contributed by atoms with Crippen LogP contribution in [0.1, 0.15) is 23.4 Å². The third kappa shape index (κ3) is 5.18. The van der Waals surface area contributed by atoms with E-state index in [1.54, 1.807) is 6.08 Å². The lowest BCUT2D eigenvalue weighted by atomic mass is 10.1. The molecule has 2 heterocycles. The summed E-state index contributed by atoms with van der Waals surface area (Å²) in [4.78, 5) is 16.2. The number of hydrogen-bond acceptors (Lipinski definition) is 4. The largest absolute Gasteiger partial charge is 0.479 e. The Morgan fingerprint density at radius 2 is 2.12 bits per heavy atom. The maximum atomic E-state index is 11.5. The number of fused-ring (bicyclic) bond motifs is 1. The molecule has 0 saturated heterocycles. The fourth-order valence-electron chi connectivity index (χ4n) is 3.73. The highest BCUT2D eigenvalue weighted by Gasteiger charge is 2.19. The minimum Gasteiger partial charge on any atom is -0.479 e. The highest BCUT2D eigenvalue weighted by molar-refractivity contribution is 6.33. The summed E-state index contributed by atoms with van der Waals surface area (Å²) < 4.78 is 13.5. The molecule has 7 heteroatoms. The van der Waals surface area contributed by atoms with Crippen molar-refractivity contribution >= 4 is 28.5 Å². The maximum absolute atomic E-state index is 11.5. The van der Waals surface area contributed by atoms with Crippen molar-refractivity contribution in [2.24, 2.45) is 0 Å². The second kappa shape index (κ2) is 10.1. The summed E-state index contributed by atoms with van der Waals surface area (Å²) in [5, 5.41) is 11.1. The van der Waals surface area contributed by atoms with E-state index in [2.05, 4.69) is 16.1 Å². The number of carbonyl (C=O) groups is 1. The Morgan fingerprint density at radius 1 is 1.30 bits per heavy atom. The Labute approximate surface area is 197 Å². The van der Waals surface area contributed by atoms with E-state index in [4.69, 9.17) is 20.8 Å². The van der Waals surface area contributed by atoms with Gasteiger partial charge >= 0.3 is 5.97 Å². The highest BCUT2D eigenvalue weighted by Crippen LogP contribution is 2.29. The molecule has 2 aromatic carbocycles. The second-order valence-corrected chi connectivity index (χ2v) is 8.22. The van der Waals surface area contributed by atoms with Crippen molar-refractivity contribution in [1.29, 1.82) is 0 Å². The third-order valence-corrected chi connectivity index (χ3v) is 5.82. The Bertz CT molecular complexity index is 1290. The molecule has 4 rings (SSSR count). The first kappa shape index (κ1) is 22.8. The first-order valence-electron chi connectivity index (χ1n) is 10.7. The van der Waals surface area contributed by atoms with E-state index >= 15 is 0 Å². The predicted molar refractivity (Wildman–Crippen MR) is 129 cm³/mol. The second-order valence-electron chi connectivity index (χ2n) is 7.82. The number of rotatable bonds is 10. The van der Waals surface area contributed by atoms with Crippen LogP contribution in [0.5, 0.6) is 0 Å². The summed E-state index contributed by atoms with van der Waals surface area (Å²) >= 11 is 6.29. The number of oxazole rings is 1. The summed E-state index contributed by atoms with van der Waals surface area (Å²) in [5.74, 6) is 0.278. The molecule has 0 aliphatic rings. The van der Waals surface area contributed by atoms with Gasteiger partial charge in [-0.05, 0) is 54.6 Å². The quantitative estimate of drug-likeness (QED) is 0.234. The fourth-order valence-corrected chi connectivity index (χ4v) is 3.94. The van der Waals surface area contributed by atoms with Crippen LogP contribution in [0.3, 0.4) is 0 Å². The lowest BCUT2D eigenvalue weighted by Gasteiger charge is -2.13. The molecular weight excluding hydrogens is 440 g/mol. The molecule has 1 unspecified atom stereocenters. The van der Waals surface area contributed by atoms with Crippen molar-refractivity contribution in [2.45, 2.75) is 32.4 Å². The molecule has 1 N–H and O–H groups in total. The van der Waals surface area contributed by atoms with Crippen molar-refractivity contribution in [2.75, 3.05) is 6.61 Å². The van der Waals surface area contributed by atoms with Crippen molar-refractivity contribution in [3.8, 4) is 11.5 Å². The number of aliphatic carboxylic acids is 1. The number of hydrogen-bond donors (Lipinski definition) is 1. The van der Waals surface area contributed by atoms with Gasteiger partial charge in [-0.3, -0.25) is 0 Å². The number of nitrogens with zero attached hydrogens (tertiary/aromatic N) is 2. The molecular formula is C26H25ClN2O4. The molecule has 33 heavy (non-hydrogen) atoms. The number of carboxylic acids is 1. The van der Waals surface area contributed by atoms with E-state index in [1.807, 2.05) is 61.7 Å². The van der Waals surface area contributed by atoms with Crippen LogP contribution in [-0.2, 0) is 22.5 Å². The highest BCUT2D eigenvalue weighted by atomic mass is 35.5. The van der Waals surface area contributed by atoms with Gasteiger partial charge in [-0.15, -0.1) is 6.58 Å². The molecule has 0 aliphatic carbocycles. The SMILES string of the molecule is C=CCCOC(Cc1ccc2c(ccn2Cc2nc(-c3ccccc3Cl)oc2C)c1)C(=O)O. The minimum absolute atomic E-state index is 0.303. The van der Waals surface area contributed by atoms with Gasteiger partial charge in [0.25, 0.3) is 0 Å². The van der Waals surface area contributed by atoms with Gasteiger partial charge in [-0.2, -0.15) is 0 Å². The lowest BCUT2D eigenvalue weighted by Crippen LogP contribution is -2.26.